The molecule has 31 heavy (non-hydrogen) atoms. The highest BCUT2D eigenvalue weighted by atomic mass is 32.2. The Morgan fingerprint density at radius 1 is 0.968 bits per heavy atom. The van der Waals surface area contributed by atoms with Crippen molar-refractivity contribution >= 4 is 23.4 Å². The zero-order valence-corrected chi connectivity index (χ0v) is 19.5. The van der Waals surface area contributed by atoms with E-state index in [-0.39, 0.29) is 5.91 Å². The van der Waals surface area contributed by atoms with Crippen LogP contribution in [0.4, 0.5) is 5.69 Å². The Labute approximate surface area is 188 Å². The predicted octanol–water partition coefficient (Wildman–Crippen LogP) is 3.19. The number of nitrogens with one attached hydrogen (secondary N) is 1. The van der Waals surface area contributed by atoms with Crippen molar-refractivity contribution in [1.82, 2.24) is 9.80 Å². The number of rotatable bonds is 9. The van der Waals surface area contributed by atoms with Crippen LogP contribution in [0.3, 0.4) is 0 Å². The monoisotopic (exact) mass is 445 g/mol. The summed E-state index contributed by atoms with van der Waals surface area (Å²) >= 11 is 1.66. The van der Waals surface area contributed by atoms with Gasteiger partial charge in [0.25, 0.3) is 0 Å². The van der Waals surface area contributed by atoms with Crippen LogP contribution in [0.5, 0.6) is 17.2 Å². The second-order valence-corrected chi connectivity index (χ2v) is 8.21. The minimum atomic E-state index is 0.0215. The molecule has 8 heteroatoms. The predicted molar refractivity (Wildman–Crippen MR) is 125 cm³/mol. The number of piperazine rings is 1. The lowest BCUT2D eigenvalue weighted by Gasteiger charge is -2.34. The SMILES string of the molecule is COc1ccc(CN2CCN(CC(=O)Nc3cccc(SC)c3)CC2)c(OC)c1OC. The summed E-state index contributed by atoms with van der Waals surface area (Å²) in [4.78, 5) is 18.1. The Morgan fingerprint density at radius 3 is 2.32 bits per heavy atom. The summed E-state index contributed by atoms with van der Waals surface area (Å²) in [5.41, 5.74) is 1.90. The minimum absolute atomic E-state index is 0.0215. The molecule has 0 saturated carbocycles. The van der Waals surface area contributed by atoms with Gasteiger partial charge in [-0.2, -0.15) is 0 Å². The van der Waals surface area contributed by atoms with Crippen LogP contribution in [0.2, 0.25) is 0 Å². The van der Waals surface area contributed by atoms with Crippen molar-refractivity contribution in [2.45, 2.75) is 11.4 Å². The largest absolute Gasteiger partial charge is 0.493 e. The Kier molecular flexibility index (Phi) is 8.45. The van der Waals surface area contributed by atoms with E-state index in [4.69, 9.17) is 14.2 Å². The van der Waals surface area contributed by atoms with Crippen LogP contribution in [0, 0.1) is 0 Å². The van der Waals surface area contributed by atoms with E-state index in [0.717, 1.165) is 48.9 Å². The summed E-state index contributed by atoms with van der Waals surface area (Å²) in [6.45, 7) is 4.60. The standard InChI is InChI=1S/C23H31N3O4S/c1-28-20-9-8-17(22(29-2)23(20)30-3)15-25-10-12-26(13-11-25)16-21(27)24-18-6-5-7-19(14-18)31-4/h5-9,14H,10-13,15-16H2,1-4H3,(H,24,27). The van der Waals surface area contributed by atoms with E-state index in [1.54, 1.807) is 33.1 Å². The molecule has 0 radical (unpaired) electrons. The number of benzene rings is 2. The van der Waals surface area contributed by atoms with Gasteiger partial charge in [0.15, 0.2) is 11.5 Å². The van der Waals surface area contributed by atoms with Gasteiger partial charge in [0, 0.05) is 48.9 Å². The Balaban J connectivity index is 1.52. The first-order valence-corrected chi connectivity index (χ1v) is 11.5. The number of thioether (sulfide) groups is 1. The number of hydrogen-bond acceptors (Lipinski definition) is 7. The second-order valence-electron chi connectivity index (χ2n) is 7.33. The molecule has 3 rings (SSSR count). The Hall–Kier alpha value is -2.42. The molecule has 0 bridgehead atoms. The zero-order valence-electron chi connectivity index (χ0n) is 18.6. The fraction of sp³-hybridized carbons (Fsp3) is 0.435. The number of carbonyl (C=O) groups excluding carboxylic acids is 1. The number of ether oxygens (including phenoxy) is 3. The van der Waals surface area contributed by atoms with Crippen molar-refractivity contribution in [2.24, 2.45) is 0 Å². The number of hydrogen-bond donors (Lipinski definition) is 1. The Bertz CT molecular complexity index is 885. The maximum absolute atomic E-state index is 12.5. The summed E-state index contributed by atoms with van der Waals surface area (Å²) in [5, 5.41) is 3.00. The second kappa shape index (κ2) is 11.3. The van der Waals surface area contributed by atoms with Crippen molar-refractivity contribution in [3.8, 4) is 17.2 Å². The molecular weight excluding hydrogens is 414 g/mol. The summed E-state index contributed by atoms with van der Waals surface area (Å²) in [5.74, 6) is 2.00. The van der Waals surface area contributed by atoms with Crippen LogP contribution >= 0.6 is 11.8 Å². The fourth-order valence-corrected chi connectivity index (χ4v) is 4.20. The number of nitrogens with zero attached hydrogens (tertiary/aromatic N) is 2. The topological polar surface area (TPSA) is 63.3 Å². The first-order valence-electron chi connectivity index (χ1n) is 10.2. The average Bonchev–Trinajstić information content (AvgIpc) is 2.79. The number of anilines is 1. The van der Waals surface area contributed by atoms with Gasteiger partial charge < -0.3 is 19.5 Å². The molecule has 1 aliphatic rings. The number of methoxy groups -OCH3 is 3. The molecule has 168 valence electrons. The molecule has 0 aliphatic carbocycles. The maximum Gasteiger partial charge on any atom is 0.238 e. The summed E-state index contributed by atoms with van der Waals surface area (Å²) in [6, 6.07) is 11.8. The zero-order chi connectivity index (χ0) is 22.2. The number of carbonyl (C=O) groups is 1. The van der Waals surface area contributed by atoms with Gasteiger partial charge in [0.05, 0.1) is 27.9 Å². The quantitative estimate of drug-likeness (QED) is 0.595. The molecule has 0 atom stereocenters. The summed E-state index contributed by atoms with van der Waals surface area (Å²) in [7, 11) is 4.88. The van der Waals surface area contributed by atoms with Crippen molar-refractivity contribution in [3.05, 3.63) is 42.0 Å². The van der Waals surface area contributed by atoms with Gasteiger partial charge in [-0.3, -0.25) is 14.6 Å². The highest BCUT2D eigenvalue weighted by Gasteiger charge is 2.22. The van der Waals surface area contributed by atoms with Crippen molar-refractivity contribution < 1.29 is 19.0 Å². The molecule has 0 spiro atoms. The molecule has 1 fully saturated rings. The lowest BCUT2D eigenvalue weighted by Crippen LogP contribution is -2.48. The highest BCUT2D eigenvalue weighted by molar-refractivity contribution is 7.98. The van der Waals surface area contributed by atoms with Gasteiger partial charge in [-0.15, -0.1) is 11.8 Å². The normalized spacial score (nSPS) is 14.8. The van der Waals surface area contributed by atoms with E-state index in [1.807, 2.05) is 42.7 Å². The van der Waals surface area contributed by atoms with Crippen LogP contribution in [0.1, 0.15) is 5.56 Å². The molecule has 1 amide bonds. The molecular formula is C23H31N3O4S. The minimum Gasteiger partial charge on any atom is -0.493 e. The smallest absolute Gasteiger partial charge is 0.238 e. The van der Waals surface area contributed by atoms with E-state index >= 15 is 0 Å². The van der Waals surface area contributed by atoms with E-state index in [2.05, 4.69) is 15.1 Å². The molecule has 1 saturated heterocycles. The Morgan fingerprint density at radius 2 is 1.68 bits per heavy atom. The van der Waals surface area contributed by atoms with E-state index in [1.165, 1.54) is 0 Å². The van der Waals surface area contributed by atoms with E-state index in [9.17, 15) is 4.79 Å². The van der Waals surface area contributed by atoms with Crippen molar-refractivity contribution in [2.75, 3.05) is 65.6 Å². The van der Waals surface area contributed by atoms with Crippen LogP contribution in [-0.2, 0) is 11.3 Å². The molecule has 1 heterocycles. The lowest BCUT2D eigenvalue weighted by molar-refractivity contribution is -0.117. The third-order valence-electron chi connectivity index (χ3n) is 5.37. The first kappa shape index (κ1) is 23.2. The first-order chi connectivity index (χ1) is 15.1. The van der Waals surface area contributed by atoms with Crippen LogP contribution in [-0.4, -0.2) is 76.0 Å². The molecule has 7 nitrogen and oxygen atoms in total. The molecule has 0 aromatic heterocycles. The van der Waals surface area contributed by atoms with Gasteiger partial charge in [0.2, 0.25) is 11.7 Å². The van der Waals surface area contributed by atoms with Gasteiger partial charge in [0.1, 0.15) is 0 Å². The van der Waals surface area contributed by atoms with Gasteiger partial charge >= 0.3 is 0 Å². The molecule has 0 unspecified atom stereocenters. The van der Waals surface area contributed by atoms with Crippen LogP contribution in [0.15, 0.2) is 41.3 Å². The molecule has 1 N–H and O–H groups in total. The summed E-state index contributed by atoms with van der Waals surface area (Å²) < 4.78 is 16.5. The highest BCUT2D eigenvalue weighted by Crippen LogP contribution is 2.40. The average molecular weight is 446 g/mol. The van der Waals surface area contributed by atoms with Gasteiger partial charge in [-0.25, -0.2) is 0 Å². The third-order valence-corrected chi connectivity index (χ3v) is 6.09. The van der Waals surface area contributed by atoms with E-state index in [0.29, 0.717) is 23.8 Å². The lowest BCUT2D eigenvalue weighted by atomic mass is 10.1. The van der Waals surface area contributed by atoms with Crippen LogP contribution < -0.4 is 19.5 Å². The van der Waals surface area contributed by atoms with Crippen molar-refractivity contribution in [1.29, 1.82) is 0 Å². The summed E-state index contributed by atoms with van der Waals surface area (Å²) in [6.07, 6.45) is 2.03. The number of amides is 1. The van der Waals surface area contributed by atoms with Gasteiger partial charge in [-0.05, 0) is 30.5 Å². The fourth-order valence-electron chi connectivity index (χ4n) is 3.74. The third kappa shape index (κ3) is 6.06. The maximum atomic E-state index is 12.5. The van der Waals surface area contributed by atoms with Crippen molar-refractivity contribution in [3.63, 3.8) is 0 Å². The van der Waals surface area contributed by atoms with Gasteiger partial charge in [-0.1, -0.05) is 12.1 Å². The molecule has 1 aliphatic heterocycles. The van der Waals surface area contributed by atoms with E-state index < -0.39 is 0 Å². The molecule has 2 aromatic rings. The molecule has 2 aromatic carbocycles. The van der Waals surface area contributed by atoms with Crippen LogP contribution in [0.25, 0.3) is 0 Å².